The number of hydrogen-bond donors (Lipinski definition) is 0. The van der Waals surface area contributed by atoms with E-state index in [1.54, 1.807) is 36.4 Å². The monoisotopic (exact) mass is 344 g/mol. The number of allylic oxidation sites excluding steroid dienone is 1. The Balaban J connectivity index is 2.06. The van der Waals surface area contributed by atoms with E-state index in [-0.39, 0.29) is 11.4 Å². The van der Waals surface area contributed by atoms with Crippen molar-refractivity contribution in [2.45, 2.75) is 12.8 Å². The number of hydrogen-bond acceptors (Lipinski definition) is 4. The highest BCUT2D eigenvalue weighted by atomic mass is 35.5. The van der Waals surface area contributed by atoms with Gasteiger partial charge in [-0.05, 0) is 53.8 Å². The van der Waals surface area contributed by atoms with E-state index in [1.165, 1.54) is 0 Å². The first kappa shape index (κ1) is 16.3. The molecule has 0 N–H and O–H groups in total. The zero-order valence-electron chi connectivity index (χ0n) is 13.5. The van der Waals surface area contributed by atoms with Gasteiger partial charge in [0.25, 0.3) is 0 Å². The molecular weight excluding hydrogens is 328 g/mol. The molecule has 124 valence electrons. The number of ether oxygens (including phenoxy) is 1. The summed E-state index contributed by atoms with van der Waals surface area (Å²) < 4.78 is 5.76. The van der Waals surface area contributed by atoms with E-state index in [0.29, 0.717) is 10.8 Å². The van der Waals surface area contributed by atoms with Crippen LogP contribution in [-0.4, -0.2) is 23.9 Å². The SMILES string of the molecule is CN(C)/C=C1\CCc2cc([N+](=O)[O-])c(Oc3cccc(Cl)c3)cc21. The van der Waals surface area contributed by atoms with E-state index < -0.39 is 4.92 Å². The molecule has 24 heavy (non-hydrogen) atoms. The molecule has 0 saturated carbocycles. The Kier molecular flexibility index (Phi) is 4.44. The fourth-order valence-corrected chi connectivity index (χ4v) is 3.03. The lowest BCUT2D eigenvalue weighted by atomic mass is 10.1. The Labute approximate surface area is 145 Å². The molecular formula is C18H17ClN2O3. The number of rotatable bonds is 4. The van der Waals surface area contributed by atoms with Gasteiger partial charge in [0.1, 0.15) is 5.75 Å². The highest BCUT2D eigenvalue weighted by molar-refractivity contribution is 6.30. The molecule has 3 rings (SSSR count). The van der Waals surface area contributed by atoms with Gasteiger partial charge in [-0.3, -0.25) is 10.1 Å². The number of nitro benzene ring substituents is 1. The first-order valence-corrected chi connectivity index (χ1v) is 7.94. The molecule has 0 heterocycles. The van der Waals surface area contributed by atoms with Crippen molar-refractivity contribution in [3.8, 4) is 11.5 Å². The first-order valence-electron chi connectivity index (χ1n) is 7.56. The molecule has 0 saturated heterocycles. The molecule has 0 atom stereocenters. The first-order chi connectivity index (χ1) is 11.4. The Morgan fingerprint density at radius 2 is 2.04 bits per heavy atom. The van der Waals surface area contributed by atoms with Gasteiger partial charge < -0.3 is 9.64 Å². The molecule has 1 aliphatic rings. The summed E-state index contributed by atoms with van der Waals surface area (Å²) in [6.07, 6.45) is 3.71. The van der Waals surface area contributed by atoms with E-state index in [2.05, 4.69) is 0 Å². The molecule has 6 heteroatoms. The van der Waals surface area contributed by atoms with Crippen molar-refractivity contribution in [3.05, 3.63) is 68.9 Å². The van der Waals surface area contributed by atoms with Gasteiger partial charge in [-0.25, -0.2) is 0 Å². The van der Waals surface area contributed by atoms with Gasteiger partial charge in [0.2, 0.25) is 5.75 Å². The van der Waals surface area contributed by atoms with Crippen LogP contribution in [0.15, 0.2) is 42.6 Å². The predicted molar refractivity (Wildman–Crippen MR) is 94.6 cm³/mol. The van der Waals surface area contributed by atoms with Crippen LogP contribution < -0.4 is 4.74 Å². The smallest absolute Gasteiger partial charge is 0.311 e. The third-order valence-corrected chi connectivity index (χ3v) is 4.06. The molecule has 0 unspecified atom stereocenters. The van der Waals surface area contributed by atoms with Gasteiger partial charge in [-0.1, -0.05) is 17.7 Å². The molecule has 5 nitrogen and oxygen atoms in total. The highest BCUT2D eigenvalue weighted by Gasteiger charge is 2.25. The number of nitrogens with zero attached hydrogens (tertiary/aromatic N) is 2. The lowest BCUT2D eigenvalue weighted by molar-refractivity contribution is -0.385. The van der Waals surface area contributed by atoms with E-state index in [1.807, 2.05) is 25.2 Å². The van der Waals surface area contributed by atoms with Crippen LogP contribution in [0.5, 0.6) is 11.5 Å². The zero-order chi connectivity index (χ0) is 17.3. The molecule has 0 bridgehead atoms. The van der Waals surface area contributed by atoms with Crippen molar-refractivity contribution in [2.75, 3.05) is 14.1 Å². The molecule has 0 radical (unpaired) electrons. The van der Waals surface area contributed by atoms with Gasteiger partial charge in [-0.15, -0.1) is 0 Å². The van der Waals surface area contributed by atoms with Crippen LogP contribution in [0.25, 0.3) is 5.57 Å². The van der Waals surface area contributed by atoms with Crippen molar-refractivity contribution < 1.29 is 9.66 Å². The average molecular weight is 345 g/mol. The minimum absolute atomic E-state index is 0.0279. The maximum atomic E-state index is 11.4. The standard InChI is InChI=1S/C18H17ClN2O3/c1-20(2)11-13-7-6-12-8-17(21(22)23)18(10-16(12)13)24-15-5-3-4-14(19)9-15/h3-5,8-11H,6-7H2,1-2H3/b13-11+. The molecule has 0 aliphatic heterocycles. The normalized spacial score (nSPS) is 14.5. The van der Waals surface area contributed by atoms with Crippen LogP contribution in [0.3, 0.4) is 0 Å². The number of fused-ring (bicyclic) bond motifs is 1. The fraction of sp³-hybridized carbons (Fsp3) is 0.222. The summed E-state index contributed by atoms with van der Waals surface area (Å²) in [5.41, 5.74) is 3.11. The molecule has 0 aromatic heterocycles. The Morgan fingerprint density at radius 1 is 1.25 bits per heavy atom. The quantitative estimate of drug-likeness (QED) is 0.585. The number of aryl methyl sites for hydroxylation is 1. The Bertz CT molecular complexity index is 831. The van der Waals surface area contributed by atoms with Gasteiger partial charge in [0.15, 0.2) is 0 Å². The summed E-state index contributed by atoms with van der Waals surface area (Å²) in [6, 6.07) is 10.2. The van der Waals surface area contributed by atoms with Crippen LogP contribution in [0, 0.1) is 10.1 Å². The maximum absolute atomic E-state index is 11.4. The summed E-state index contributed by atoms with van der Waals surface area (Å²) >= 11 is 5.96. The Hall–Kier alpha value is -2.53. The molecule has 2 aromatic carbocycles. The van der Waals surface area contributed by atoms with E-state index >= 15 is 0 Å². The van der Waals surface area contributed by atoms with Crippen molar-refractivity contribution in [3.63, 3.8) is 0 Å². The zero-order valence-corrected chi connectivity index (χ0v) is 14.2. The van der Waals surface area contributed by atoms with Crippen LogP contribution in [0.2, 0.25) is 5.02 Å². The summed E-state index contributed by atoms with van der Waals surface area (Å²) in [5.74, 6) is 0.703. The van der Waals surface area contributed by atoms with Crippen LogP contribution >= 0.6 is 11.6 Å². The van der Waals surface area contributed by atoms with Gasteiger partial charge in [0.05, 0.1) is 4.92 Å². The second-order valence-electron chi connectivity index (χ2n) is 5.91. The third kappa shape index (κ3) is 3.36. The second-order valence-corrected chi connectivity index (χ2v) is 6.35. The minimum atomic E-state index is -0.409. The van der Waals surface area contributed by atoms with Crippen LogP contribution in [0.1, 0.15) is 17.5 Å². The lowest BCUT2D eigenvalue weighted by Crippen LogP contribution is -2.02. The maximum Gasteiger partial charge on any atom is 0.311 e. The number of benzene rings is 2. The van der Waals surface area contributed by atoms with Crippen molar-refractivity contribution in [1.29, 1.82) is 0 Å². The average Bonchev–Trinajstić information content (AvgIpc) is 2.88. The molecule has 0 fully saturated rings. The summed E-state index contributed by atoms with van der Waals surface area (Å²) in [5, 5.41) is 11.9. The lowest BCUT2D eigenvalue weighted by Gasteiger charge is -2.11. The number of nitro groups is 1. The highest BCUT2D eigenvalue weighted by Crippen LogP contribution is 2.41. The molecule has 0 spiro atoms. The van der Waals surface area contributed by atoms with E-state index in [0.717, 1.165) is 29.5 Å². The molecule has 1 aliphatic carbocycles. The third-order valence-electron chi connectivity index (χ3n) is 3.83. The van der Waals surface area contributed by atoms with Crippen LogP contribution in [-0.2, 0) is 6.42 Å². The van der Waals surface area contributed by atoms with Crippen molar-refractivity contribution >= 4 is 22.9 Å². The number of halogens is 1. The largest absolute Gasteiger partial charge is 0.450 e. The second kappa shape index (κ2) is 6.53. The minimum Gasteiger partial charge on any atom is -0.450 e. The summed E-state index contributed by atoms with van der Waals surface area (Å²) in [7, 11) is 3.92. The van der Waals surface area contributed by atoms with Crippen LogP contribution in [0.4, 0.5) is 5.69 Å². The molecule has 0 amide bonds. The van der Waals surface area contributed by atoms with Crippen molar-refractivity contribution in [1.82, 2.24) is 4.90 Å². The fourth-order valence-electron chi connectivity index (χ4n) is 2.85. The van der Waals surface area contributed by atoms with E-state index in [9.17, 15) is 10.1 Å². The van der Waals surface area contributed by atoms with Gasteiger partial charge in [0, 0.05) is 31.4 Å². The van der Waals surface area contributed by atoms with Crippen molar-refractivity contribution in [2.24, 2.45) is 0 Å². The molecule has 2 aromatic rings. The summed E-state index contributed by atoms with van der Waals surface area (Å²) in [4.78, 5) is 13.0. The predicted octanol–water partition coefficient (Wildman–Crippen LogP) is 4.89. The van der Waals surface area contributed by atoms with E-state index in [4.69, 9.17) is 16.3 Å². The topological polar surface area (TPSA) is 55.6 Å². The van der Waals surface area contributed by atoms with Gasteiger partial charge >= 0.3 is 5.69 Å². The van der Waals surface area contributed by atoms with Gasteiger partial charge in [-0.2, -0.15) is 0 Å². The summed E-state index contributed by atoms with van der Waals surface area (Å²) in [6.45, 7) is 0. The Morgan fingerprint density at radius 3 is 2.71 bits per heavy atom.